The molecule has 0 spiro atoms. The molecule has 5 atom stereocenters. The summed E-state index contributed by atoms with van der Waals surface area (Å²) >= 11 is 0. The van der Waals surface area contributed by atoms with Crippen molar-refractivity contribution < 1.29 is 30.0 Å². The van der Waals surface area contributed by atoms with Crippen LogP contribution in [0.15, 0.2) is 0 Å². The largest absolute Gasteiger partial charge is 0.394 e. The lowest BCUT2D eigenvalue weighted by Gasteiger charge is -2.40. The summed E-state index contributed by atoms with van der Waals surface area (Å²) in [6.07, 6.45) is -5.21. The highest BCUT2D eigenvalue weighted by molar-refractivity contribution is 5.72. The first-order valence-electron chi connectivity index (χ1n) is 4.80. The molecule has 0 radical (unpaired) electrons. The Balaban J connectivity index is 2.60. The van der Waals surface area contributed by atoms with Crippen molar-refractivity contribution in [2.24, 2.45) is 0 Å². The Labute approximate surface area is 91.8 Å². The number of hydrogen-bond donors (Lipinski definition) is 6. The van der Waals surface area contributed by atoms with Crippen LogP contribution < -0.4 is 10.9 Å². The number of aliphatic hydroxyl groups excluding tert-OH is 4. The van der Waals surface area contributed by atoms with Crippen LogP contribution in [-0.2, 0) is 9.53 Å². The van der Waals surface area contributed by atoms with Crippen LogP contribution in [-0.4, -0.2) is 63.6 Å². The first kappa shape index (κ1) is 13.3. The van der Waals surface area contributed by atoms with Crippen molar-refractivity contribution in [3.63, 3.8) is 0 Å². The molecule has 8 heteroatoms. The normalized spacial score (nSPS) is 39.4. The molecule has 1 heterocycles. The third-order valence-corrected chi connectivity index (χ3v) is 2.32. The number of rotatable bonds is 3. The Morgan fingerprint density at radius 2 is 1.94 bits per heavy atom. The molecule has 1 rings (SSSR count). The molecule has 0 bridgehead atoms. The van der Waals surface area contributed by atoms with Crippen LogP contribution in [0.1, 0.15) is 6.92 Å². The number of amides is 1. The van der Waals surface area contributed by atoms with Gasteiger partial charge in [0, 0.05) is 6.92 Å². The van der Waals surface area contributed by atoms with Crippen LogP contribution in [0.2, 0.25) is 0 Å². The fourth-order valence-corrected chi connectivity index (χ4v) is 1.44. The number of nitrogens with one attached hydrogen (secondary N) is 2. The third-order valence-electron chi connectivity index (χ3n) is 2.32. The number of hydrazine groups is 1. The molecule has 6 N–H and O–H groups in total. The number of ether oxygens (including phenoxy) is 1. The third kappa shape index (κ3) is 2.88. The lowest BCUT2D eigenvalue weighted by Crippen LogP contribution is -2.65. The van der Waals surface area contributed by atoms with Crippen molar-refractivity contribution in [2.75, 3.05) is 6.61 Å². The van der Waals surface area contributed by atoms with E-state index in [0.29, 0.717) is 0 Å². The van der Waals surface area contributed by atoms with E-state index in [2.05, 4.69) is 10.9 Å². The van der Waals surface area contributed by atoms with Crippen LogP contribution in [0.5, 0.6) is 0 Å². The fraction of sp³-hybridized carbons (Fsp3) is 0.875. The lowest BCUT2D eigenvalue weighted by molar-refractivity contribution is -0.255. The second kappa shape index (κ2) is 5.53. The van der Waals surface area contributed by atoms with Crippen molar-refractivity contribution in [2.45, 2.75) is 37.6 Å². The molecule has 0 aromatic carbocycles. The Morgan fingerprint density at radius 1 is 1.31 bits per heavy atom. The minimum absolute atomic E-state index is 0.418. The summed E-state index contributed by atoms with van der Waals surface area (Å²) in [6.45, 7) is 0.713. The minimum Gasteiger partial charge on any atom is -0.394 e. The quantitative estimate of drug-likeness (QED) is 0.279. The SMILES string of the molecule is CC(=O)NN[C@@H]1[C@@H](O)[C@H](O)[C@@H](CO)O[C@H]1O. The van der Waals surface area contributed by atoms with Crippen LogP contribution >= 0.6 is 0 Å². The monoisotopic (exact) mass is 236 g/mol. The van der Waals surface area contributed by atoms with Crippen LogP contribution in [0, 0.1) is 0 Å². The summed E-state index contributed by atoms with van der Waals surface area (Å²) in [6, 6.07) is -1.07. The molecule has 0 aromatic rings. The van der Waals surface area contributed by atoms with Gasteiger partial charge in [0.05, 0.1) is 6.61 Å². The van der Waals surface area contributed by atoms with Crippen LogP contribution in [0.4, 0.5) is 0 Å². The molecule has 1 amide bonds. The number of carbonyl (C=O) groups excluding carboxylic acids is 1. The van der Waals surface area contributed by atoms with E-state index in [9.17, 15) is 20.1 Å². The van der Waals surface area contributed by atoms with E-state index in [-0.39, 0.29) is 0 Å². The van der Waals surface area contributed by atoms with E-state index in [1.807, 2.05) is 0 Å². The molecule has 0 aliphatic carbocycles. The molecule has 16 heavy (non-hydrogen) atoms. The highest BCUT2D eigenvalue weighted by Gasteiger charge is 2.43. The van der Waals surface area contributed by atoms with E-state index in [1.54, 1.807) is 0 Å². The average Bonchev–Trinajstić information content (AvgIpc) is 2.22. The standard InChI is InChI=1S/C8H16N2O6/c1-3(12)9-10-5-7(14)6(13)4(2-11)16-8(5)15/h4-8,10-11,13-15H,2H2,1H3,(H,9,12)/t4-,5-,6-,7-,8-/m1/s1. The number of hydrogen-bond acceptors (Lipinski definition) is 7. The van der Waals surface area contributed by atoms with Gasteiger partial charge in [0.1, 0.15) is 24.4 Å². The van der Waals surface area contributed by atoms with E-state index in [0.717, 1.165) is 0 Å². The van der Waals surface area contributed by atoms with Gasteiger partial charge in [-0.3, -0.25) is 10.2 Å². The van der Waals surface area contributed by atoms with Gasteiger partial charge in [-0.2, -0.15) is 0 Å². The first-order valence-corrected chi connectivity index (χ1v) is 4.80. The molecule has 8 nitrogen and oxygen atoms in total. The summed E-state index contributed by atoms with van der Waals surface area (Å²) < 4.78 is 4.84. The van der Waals surface area contributed by atoms with Gasteiger partial charge >= 0.3 is 0 Å². The maximum Gasteiger partial charge on any atom is 0.230 e. The summed E-state index contributed by atoms with van der Waals surface area (Å²) in [5.74, 6) is -0.418. The van der Waals surface area contributed by atoms with Crippen LogP contribution in [0.25, 0.3) is 0 Å². The fourth-order valence-electron chi connectivity index (χ4n) is 1.44. The van der Waals surface area contributed by atoms with Gasteiger partial charge in [-0.1, -0.05) is 0 Å². The van der Waals surface area contributed by atoms with Gasteiger partial charge in [-0.05, 0) is 0 Å². The summed E-state index contributed by atoms with van der Waals surface area (Å²) in [4.78, 5) is 10.6. The molecule has 0 aromatic heterocycles. The predicted molar refractivity (Wildman–Crippen MR) is 50.7 cm³/mol. The summed E-state index contributed by atoms with van der Waals surface area (Å²) in [5, 5.41) is 37.4. The Bertz CT molecular complexity index is 251. The Hall–Kier alpha value is -0.770. The van der Waals surface area contributed by atoms with Gasteiger partial charge in [-0.15, -0.1) is 0 Å². The van der Waals surface area contributed by atoms with Crippen LogP contribution in [0.3, 0.4) is 0 Å². The van der Waals surface area contributed by atoms with Crippen molar-refractivity contribution in [3.8, 4) is 0 Å². The zero-order valence-corrected chi connectivity index (χ0v) is 8.70. The molecular weight excluding hydrogens is 220 g/mol. The molecule has 1 aliphatic rings. The first-order chi connectivity index (χ1) is 7.47. The van der Waals surface area contributed by atoms with Gasteiger partial charge in [0.25, 0.3) is 0 Å². The number of aliphatic hydroxyl groups is 4. The minimum atomic E-state index is -1.44. The molecule has 1 aliphatic heterocycles. The van der Waals surface area contributed by atoms with Crippen molar-refractivity contribution in [3.05, 3.63) is 0 Å². The predicted octanol–water partition coefficient (Wildman–Crippen LogP) is -3.57. The second-order valence-electron chi connectivity index (χ2n) is 3.58. The van der Waals surface area contributed by atoms with Crippen molar-refractivity contribution in [1.29, 1.82) is 0 Å². The zero-order valence-electron chi connectivity index (χ0n) is 8.70. The van der Waals surface area contributed by atoms with E-state index in [1.165, 1.54) is 6.92 Å². The van der Waals surface area contributed by atoms with E-state index in [4.69, 9.17) is 9.84 Å². The highest BCUT2D eigenvalue weighted by Crippen LogP contribution is 2.19. The smallest absolute Gasteiger partial charge is 0.230 e. The Kier molecular flexibility index (Phi) is 4.59. The zero-order chi connectivity index (χ0) is 12.3. The second-order valence-corrected chi connectivity index (χ2v) is 3.58. The summed E-state index contributed by atoms with van der Waals surface area (Å²) in [5.41, 5.74) is 4.50. The van der Waals surface area contributed by atoms with Crippen molar-refractivity contribution in [1.82, 2.24) is 10.9 Å². The molecular formula is C8H16N2O6. The van der Waals surface area contributed by atoms with E-state index < -0.39 is 43.2 Å². The van der Waals surface area contributed by atoms with Gasteiger partial charge in [-0.25, -0.2) is 5.43 Å². The summed E-state index contributed by atoms with van der Waals surface area (Å²) in [7, 11) is 0. The Morgan fingerprint density at radius 3 is 2.44 bits per heavy atom. The maximum atomic E-state index is 10.6. The topological polar surface area (TPSA) is 131 Å². The molecule has 0 unspecified atom stereocenters. The lowest BCUT2D eigenvalue weighted by atomic mass is 9.98. The van der Waals surface area contributed by atoms with Crippen molar-refractivity contribution >= 4 is 5.91 Å². The highest BCUT2D eigenvalue weighted by atomic mass is 16.6. The molecule has 1 saturated heterocycles. The molecule has 1 fully saturated rings. The van der Waals surface area contributed by atoms with Gasteiger partial charge in [0.15, 0.2) is 6.29 Å². The van der Waals surface area contributed by atoms with Gasteiger partial charge in [0.2, 0.25) is 5.91 Å². The average molecular weight is 236 g/mol. The maximum absolute atomic E-state index is 10.6. The van der Waals surface area contributed by atoms with E-state index >= 15 is 0 Å². The number of carbonyl (C=O) groups is 1. The molecule has 94 valence electrons. The van der Waals surface area contributed by atoms with Gasteiger partial charge < -0.3 is 25.2 Å². The molecule has 0 saturated carbocycles.